The number of rotatable bonds is 5. The second-order valence-electron chi connectivity index (χ2n) is 4.96. The summed E-state index contributed by atoms with van der Waals surface area (Å²) in [5.41, 5.74) is 0.970. The smallest absolute Gasteiger partial charge is 0.243 e. The van der Waals surface area contributed by atoms with Crippen LogP contribution in [-0.2, 0) is 4.79 Å². The zero-order valence-corrected chi connectivity index (χ0v) is 13.6. The summed E-state index contributed by atoms with van der Waals surface area (Å²) in [6, 6.07) is 9.94. The quantitative estimate of drug-likeness (QED) is 0.889. The molecule has 0 aliphatic carbocycles. The molecule has 0 bridgehead atoms. The zero-order valence-electron chi connectivity index (χ0n) is 12.8. The fourth-order valence-corrected chi connectivity index (χ4v) is 2.32. The van der Waals surface area contributed by atoms with E-state index < -0.39 is 17.5 Å². The molecule has 0 heterocycles. The van der Waals surface area contributed by atoms with Gasteiger partial charge in [-0.05, 0) is 37.3 Å². The summed E-state index contributed by atoms with van der Waals surface area (Å²) in [6.07, 6.45) is 0. The van der Waals surface area contributed by atoms with Crippen molar-refractivity contribution in [1.82, 2.24) is 0 Å². The lowest BCUT2D eigenvalue weighted by Gasteiger charge is -2.22. The molecule has 1 N–H and O–H groups in total. The summed E-state index contributed by atoms with van der Waals surface area (Å²) >= 11 is 5.87. The third-order valence-corrected chi connectivity index (χ3v) is 3.60. The molecule has 2 aromatic carbocycles. The van der Waals surface area contributed by atoms with Crippen LogP contribution in [0.5, 0.6) is 0 Å². The van der Waals surface area contributed by atoms with Gasteiger partial charge in [0.05, 0.1) is 17.8 Å². The highest BCUT2D eigenvalue weighted by Gasteiger charge is 2.14. The molecule has 0 unspecified atom stereocenters. The van der Waals surface area contributed by atoms with E-state index in [2.05, 4.69) is 5.32 Å². The summed E-state index contributed by atoms with van der Waals surface area (Å²) in [7, 11) is 0. The predicted molar refractivity (Wildman–Crippen MR) is 89.0 cm³/mol. The molecule has 2 aromatic rings. The predicted octanol–water partition coefficient (Wildman–Crippen LogP) is 3.95. The minimum atomic E-state index is -0.979. The van der Waals surface area contributed by atoms with Crippen molar-refractivity contribution >= 4 is 28.9 Å². The van der Waals surface area contributed by atoms with Crippen LogP contribution in [0, 0.1) is 23.0 Å². The molecule has 2 rings (SSSR count). The first-order valence-electron chi connectivity index (χ1n) is 7.14. The number of amides is 1. The number of halogens is 3. The molecular weight excluding hydrogens is 336 g/mol. The van der Waals surface area contributed by atoms with Crippen molar-refractivity contribution in [2.75, 3.05) is 23.3 Å². The van der Waals surface area contributed by atoms with Gasteiger partial charge in [0.1, 0.15) is 6.07 Å². The second kappa shape index (κ2) is 7.75. The van der Waals surface area contributed by atoms with Crippen molar-refractivity contribution in [3.8, 4) is 6.07 Å². The molecule has 124 valence electrons. The average molecular weight is 350 g/mol. The number of nitriles is 1. The summed E-state index contributed by atoms with van der Waals surface area (Å²) in [5.74, 6) is -2.33. The fourth-order valence-electron chi connectivity index (χ4n) is 2.15. The topological polar surface area (TPSA) is 56.1 Å². The zero-order chi connectivity index (χ0) is 17.7. The van der Waals surface area contributed by atoms with Gasteiger partial charge in [0, 0.05) is 23.3 Å². The first kappa shape index (κ1) is 17.7. The molecule has 7 heteroatoms. The van der Waals surface area contributed by atoms with E-state index in [1.165, 1.54) is 18.2 Å². The number of likely N-dealkylation sites (N-methyl/N-ethyl adjacent to an activating group) is 1. The average Bonchev–Trinajstić information content (AvgIpc) is 2.55. The first-order valence-corrected chi connectivity index (χ1v) is 7.52. The van der Waals surface area contributed by atoms with Crippen LogP contribution >= 0.6 is 11.6 Å². The molecule has 0 saturated heterocycles. The fraction of sp³-hybridized carbons (Fsp3) is 0.176. The molecular formula is C17H14ClF2N3O. The molecule has 24 heavy (non-hydrogen) atoms. The van der Waals surface area contributed by atoms with Crippen LogP contribution in [0.25, 0.3) is 0 Å². The van der Waals surface area contributed by atoms with Gasteiger partial charge in [-0.25, -0.2) is 8.78 Å². The Bertz CT molecular complexity index is 805. The summed E-state index contributed by atoms with van der Waals surface area (Å²) < 4.78 is 26.4. The van der Waals surface area contributed by atoms with Gasteiger partial charge in [0.15, 0.2) is 11.6 Å². The van der Waals surface area contributed by atoms with Crippen LogP contribution in [0.2, 0.25) is 5.02 Å². The normalized spacial score (nSPS) is 10.1. The van der Waals surface area contributed by atoms with Gasteiger partial charge < -0.3 is 10.2 Å². The van der Waals surface area contributed by atoms with Crippen LogP contribution in [0.3, 0.4) is 0 Å². The van der Waals surface area contributed by atoms with E-state index in [0.717, 1.165) is 12.1 Å². The number of carbonyl (C=O) groups is 1. The Balaban J connectivity index is 2.14. The second-order valence-corrected chi connectivity index (χ2v) is 5.40. The van der Waals surface area contributed by atoms with Crippen LogP contribution in [0.4, 0.5) is 20.2 Å². The Morgan fingerprint density at radius 2 is 2.00 bits per heavy atom. The van der Waals surface area contributed by atoms with E-state index >= 15 is 0 Å². The molecule has 4 nitrogen and oxygen atoms in total. The first-order chi connectivity index (χ1) is 11.4. The molecule has 0 fully saturated rings. The highest BCUT2D eigenvalue weighted by molar-refractivity contribution is 6.31. The van der Waals surface area contributed by atoms with E-state index in [4.69, 9.17) is 16.9 Å². The lowest BCUT2D eigenvalue weighted by molar-refractivity contribution is -0.115. The summed E-state index contributed by atoms with van der Waals surface area (Å²) in [4.78, 5) is 13.8. The Kier molecular flexibility index (Phi) is 5.72. The Labute approximate surface area is 143 Å². The standard InChI is InChI=1S/C17H14ClF2N3O/c1-2-23(13-5-6-14(19)15(20)8-13)10-17(24)22-16-7-12(18)4-3-11(16)9-21/h3-8H,2,10H2,1H3,(H,22,24). The van der Waals surface area contributed by atoms with Gasteiger partial charge in [-0.15, -0.1) is 0 Å². The molecule has 0 aliphatic rings. The highest BCUT2D eigenvalue weighted by Crippen LogP contribution is 2.21. The van der Waals surface area contributed by atoms with Crippen molar-refractivity contribution in [2.24, 2.45) is 0 Å². The maximum absolute atomic E-state index is 13.4. The van der Waals surface area contributed by atoms with E-state index in [9.17, 15) is 13.6 Å². The number of nitrogens with one attached hydrogen (secondary N) is 1. The van der Waals surface area contributed by atoms with Crippen molar-refractivity contribution in [2.45, 2.75) is 6.92 Å². The van der Waals surface area contributed by atoms with E-state index in [-0.39, 0.29) is 12.1 Å². The molecule has 0 spiro atoms. The number of hydrogen-bond acceptors (Lipinski definition) is 3. The van der Waals surface area contributed by atoms with Crippen LogP contribution in [-0.4, -0.2) is 19.0 Å². The lowest BCUT2D eigenvalue weighted by Crippen LogP contribution is -2.33. The Morgan fingerprint density at radius 3 is 2.62 bits per heavy atom. The highest BCUT2D eigenvalue weighted by atomic mass is 35.5. The lowest BCUT2D eigenvalue weighted by atomic mass is 10.2. The van der Waals surface area contributed by atoms with Gasteiger partial charge in [0.25, 0.3) is 0 Å². The molecule has 1 amide bonds. The van der Waals surface area contributed by atoms with Crippen molar-refractivity contribution in [3.63, 3.8) is 0 Å². The van der Waals surface area contributed by atoms with Gasteiger partial charge in [-0.2, -0.15) is 5.26 Å². The van der Waals surface area contributed by atoms with Crippen LogP contribution < -0.4 is 10.2 Å². The van der Waals surface area contributed by atoms with Gasteiger partial charge in [-0.1, -0.05) is 11.6 Å². The van der Waals surface area contributed by atoms with Crippen molar-refractivity contribution in [3.05, 3.63) is 58.6 Å². The Hall–Kier alpha value is -2.65. The monoisotopic (exact) mass is 349 g/mol. The summed E-state index contributed by atoms with van der Waals surface area (Å²) in [6.45, 7) is 2.12. The molecule has 0 saturated carbocycles. The molecule has 0 radical (unpaired) electrons. The van der Waals surface area contributed by atoms with Crippen molar-refractivity contribution < 1.29 is 13.6 Å². The Morgan fingerprint density at radius 1 is 1.25 bits per heavy atom. The van der Waals surface area contributed by atoms with E-state index in [1.807, 2.05) is 6.07 Å². The van der Waals surface area contributed by atoms with Gasteiger partial charge >= 0.3 is 0 Å². The van der Waals surface area contributed by atoms with Crippen LogP contribution in [0.15, 0.2) is 36.4 Å². The maximum atomic E-state index is 13.4. The van der Waals surface area contributed by atoms with Crippen LogP contribution in [0.1, 0.15) is 12.5 Å². The molecule has 0 aromatic heterocycles. The number of carbonyl (C=O) groups excluding carboxylic acids is 1. The number of anilines is 2. The third-order valence-electron chi connectivity index (χ3n) is 3.36. The third kappa shape index (κ3) is 4.21. The maximum Gasteiger partial charge on any atom is 0.243 e. The SMILES string of the molecule is CCN(CC(=O)Nc1cc(Cl)ccc1C#N)c1ccc(F)c(F)c1. The number of benzene rings is 2. The summed E-state index contributed by atoms with van der Waals surface area (Å²) in [5, 5.41) is 12.0. The molecule has 0 aliphatic heterocycles. The minimum absolute atomic E-state index is 0.0844. The number of nitrogens with zero attached hydrogens (tertiary/aromatic N) is 2. The minimum Gasteiger partial charge on any atom is -0.362 e. The molecule has 0 atom stereocenters. The van der Waals surface area contributed by atoms with E-state index in [1.54, 1.807) is 17.9 Å². The van der Waals surface area contributed by atoms with Gasteiger partial charge in [-0.3, -0.25) is 4.79 Å². The van der Waals surface area contributed by atoms with E-state index in [0.29, 0.717) is 22.9 Å². The number of hydrogen-bond donors (Lipinski definition) is 1. The van der Waals surface area contributed by atoms with Crippen molar-refractivity contribution in [1.29, 1.82) is 5.26 Å². The van der Waals surface area contributed by atoms with Gasteiger partial charge in [0.2, 0.25) is 5.91 Å². The largest absolute Gasteiger partial charge is 0.362 e.